The minimum Gasteiger partial charge on any atom is -0.451 e. The van der Waals surface area contributed by atoms with Gasteiger partial charge in [0.15, 0.2) is 0 Å². The van der Waals surface area contributed by atoms with Gasteiger partial charge in [0.05, 0.1) is 24.1 Å². The molecular formula is C28H30FIN6O4. The molecule has 1 N–H and O–H groups in total. The topological polar surface area (TPSA) is 106 Å². The molecule has 1 unspecified atom stereocenters. The van der Waals surface area contributed by atoms with E-state index < -0.39 is 4.36 Å². The fourth-order valence-corrected chi connectivity index (χ4v) is 5.55. The van der Waals surface area contributed by atoms with Crippen molar-refractivity contribution in [3.8, 4) is 16.9 Å². The molecule has 0 radical (unpaired) electrons. The van der Waals surface area contributed by atoms with Crippen LogP contribution >= 0.6 is 22.6 Å². The number of halogens is 2. The maximum Gasteiger partial charge on any atom is 0.288 e. The number of carbonyl (C=O) groups is 1. The summed E-state index contributed by atoms with van der Waals surface area (Å²) in [6, 6.07) is 10.7. The van der Waals surface area contributed by atoms with Gasteiger partial charge in [0.25, 0.3) is 9.92 Å². The van der Waals surface area contributed by atoms with Crippen molar-refractivity contribution in [1.29, 1.82) is 0 Å². The second-order valence-corrected chi connectivity index (χ2v) is 10.8. The normalized spacial score (nSPS) is 16.4. The van der Waals surface area contributed by atoms with Crippen LogP contribution in [-0.2, 0) is 25.0 Å². The maximum atomic E-state index is 13.7. The van der Waals surface area contributed by atoms with Gasteiger partial charge in [0.2, 0.25) is 11.9 Å². The predicted octanol–water partition coefficient (Wildman–Crippen LogP) is 3.46. The van der Waals surface area contributed by atoms with E-state index >= 15 is 0 Å². The lowest BCUT2D eigenvalue weighted by Crippen LogP contribution is -2.53. The number of alkyl halides is 2. The Kier molecular flexibility index (Phi) is 8.08. The zero-order valence-electron chi connectivity index (χ0n) is 22.4. The van der Waals surface area contributed by atoms with Crippen LogP contribution in [0.15, 0.2) is 53.6 Å². The molecule has 1 aliphatic heterocycles. The number of aliphatic hydroxyl groups excluding tert-OH is 1. The molecule has 3 heterocycles. The third kappa shape index (κ3) is 5.42. The summed E-state index contributed by atoms with van der Waals surface area (Å²) in [6.07, 6.45) is 3.51. The van der Waals surface area contributed by atoms with Crippen molar-refractivity contribution < 1.29 is 19.0 Å². The quantitative estimate of drug-likeness (QED) is 0.239. The van der Waals surface area contributed by atoms with Crippen molar-refractivity contribution in [3.05, 3.63) is 70.3 Å². The number of hydrogen-bond acceptors (Lipinski definition) is 7. The number of aromatic nitrogens is 4. The van der Waals surface area contributed by atoms with Crippen LogP contribution in [0.4, 0.5) is 10.3 Å². The Bertz CT molecular complexity index is 1600. The summed E-state index contributed by atoms with van der Waals surface area (Å²) in [7, 11) is 1.67. The largest absolute Gasteiger partial charge is 0.451 e. The van der Waals surface area contributed by atoms with Gasteiger partial charge in [-0.2, -0.15) is 4.39 Å². The van der Waals surface area contributed by atoms with Crippen molar-refractivity contribution in [2.24, 2.45) is 7.05 Å². The van der Waals surface area contributed by atoms with Crippen molar-refractivity contribution in [2.45, 2.75) is 37.4 Å². The number of piperazine rings is 1. The number of fused-ring (bicyclic) bond motifs is 1. The average molecular weight is 660 g/mol. The number of hydrogen-bond donors (Lipinski definition) is 1. The number of benzene rings is 2. The predicted molar refractivity (Wildman–Crippen MR) is 158 cm³/mol. The number of nitrogens with zero attached hydrogens (tertiary/aromatic N) is 6. The lowest BCUT2D eigenvalue weighted by molar-refractivity contribution is -0.131. The van der Waals surface area contributed by atoms with Gasteiger partial charge in [-0.1, -0.05) is 18.2 Å². The molecule has 0 spiro atoms. The van der Waals surface area contributed by atoms with Crippen molar-refractivity contribution >= 4 is 45.3 Å². The summed E-state index contributed by atoms with van der Waals surface area (Å²) in [6.45, 7) is 5.48. The zero-order valence-corrected chi connectivity index (χ0v) is 24.6. The van der Waals surface area contributed by atoms with E-state index in [0.29, 0.717) is 53.4 Å². The first-order chi connectivity index (χ1) is 19.2. The summed E-state index contributed by atoms with van der Waals surface area (Å²) in [5.74, 6) is 0.978. The maximum absolute atomic E-state index is 13.7. The van der Waals surface area contributed by atoms with Gasteiger partial charge >= 0.3 is 0 Å². The monoisotopic (exact) mass is 660 g/mol. The minimum absolute atomic E-state index is 0.0680. The minimum atomic E-state index is -1.56. The Balaban J connectivity index is 1.47. The Hall–Kier alpha value is -3.52. The van der Waals surface area contributed by atoms with Gasteiger partial charge in [-0.3, -0.25) is 19.0 Å². The van der Waals surface area contributed by atoms with E-state index in [4.69, 9.17) is 4.74 Å². The smallest absolute Gasteiger partial charge is 0.288 e. The Morgan fingerprint density at radius 2 is 1.95 bits per heavy atom. The van der Waals surface area contributed by atoms with Crippen molar-refractivity contribution in [2.75, 3.05) is 24.5 Å². The highest BCUT2D eigenvalue weighted by molar-refractivity contribution is 14.1. The summed E-state index contributed by atoms with van der Waals surface area (Å²) >= 11 is 1.53. The standard InChI is InChI=1S/C28H30FIN6O4/c1-17-14-34(9-10-35(17)18(2)38)28-31-12-21(13-32-28)19-7-8-22-24(11-19)36(33(3)26(22)39)15-23-20(16-37)5-4-6-25(23)40-27(29)30/h4-8,11-13,17,27,37H,9-10,14-16H2,1-3H3/t17-,27?/m1/s1. The summed E-state index contributed by atoms with van der Waals surface area (Å²) < 4.78 is 20.8. The van der Waals surface area contributed by atoms with E-state index in [1.54, 1.807) is 55.3 Å². The third-order valence-corrected chi connectivity index (χ3v) is 7.63. The number of aliphatic hydroxyl groups is 1. The molecule has 0 aliphatic carbocycles. The average Bonchev–Trinajstić information content (AvgIpc) is 3.17. The molecule has 210 valence electrons. The van der Waals surface area contributed by atoms with Gasteiger partial charge < -0.3 is 19.6 Å². The highest BCUT2D eigenvalue weighted by Gasteiger charge is 2.26. The lowest BCUT2D eigenvalue weighted by atomic mass is 10.1. The fourth-order valence-electron chi connectivity index (χ4n) is 5.28. The van der Waals surface area contributed by atoms with Crippen LogP contribution in [-0.4, -0.2) is 65.3 Å². The van der Waals surface area contributed by atoms with E-state index in [1.807, 2.05) is 24.0 Å². The second-order valence-electron chi connectivity index (χ2n) is 9.83. The molecule has 5 rings (SSSR count). The molecule has 40 heavy (non-hydrogen) atoms. The highest BCUT2D eigenvalue weighted by Crippen LogP contribution is 2.29. The summed E-state index contributed by atoms with van der Waals surface area (Å²) in [5, 5.41) is 10.5. The van der Waals surface area contributed by atoms with E-state index in [2.05, 4.69) is 14.9 Å². The molecule has 12 heteroatoms. The SMILES string of the molecule is CC(=O)N1CCN(c2ncc(-c3ccc4c(=O)n(C)n(Cc5c(CO)cccc5OC(F)I)c4c3)cn2)C[C@H]1C. The third-order valence-electron chi connectivity index (χ3n) is 7.37. The molecule has 2 aromatic heterocycles. The van der Waals surface area contributed by atoms with Crippen LogP contribution in [0.25, 0.3) is 22.0 Å². The second kappa shape index (κ2) is 11.5. The van der Waals surface area contributed by atoms with Crippen LogP contribution in [0.1, 0.15) is 25.0 Å². The zero-order chi connectivity index (χ0) is 28.6. The van der Waals surface area contributed by atoms with Crippen molar-refractivity contribution in [3.63, 3.8) is 0 Å². The molecule has 10 nitrogen and oxygen atoms in total. The molecule has 0 bridgehead atoms. The first-order valence-electron chi connectivity index (χ1n) is 12.9. The highest BCUT2D eigenvalue weighted by atomic mass is 127. The van der Waals surface area contributed by atoms with E-state index in [1.165, 1.54) is 27.3 Å². The number of anilines is 1. The molecular weight excluding hydrogens is 630 g/mol. The van der Waals surface area contributed by atoms with Crippen LogP contribution < -0.4 is 15.2 Å². The van der Waals surface area contributed by atoms with Gasteiger partial charge in [0, 0.05) is 85.8 Å². The van der Waals surface area contributed by atoms with E-state index in [-0.39, 0.29) is 30.7 Å². The molecule has 2 aromatic carbocycles. The Labute approximate surface area is 244 Å². The molecule has 4 aromatic rings. The van der Waals surface area contributed by atoms with Crippen molar-refractivity contribution in [1.82, 2.24) is 24.2 Å². The first-order valence-corrected chi connectivity index (χ1v) is 14.1. The van der Waals surface area contributed by atoms with Gasteiger partial charge in [0.1, 0.15) is 5.75 Å². The van der Waals surface area contributed by atoms with Gasteiger partial charge in [-0.05, 0) is 36.2 Å². The molecule has 1 saturated heterocycles. The van der Waals surface area contributed by atoms with E-state index in [0.717, 1.165) is 11.1 Å². The van der Waals surface area contributed by atoms with Gasteiger partial charge in [-0.15, -0.1) is 0 Å². The summed E-state index contributed by atoms with van der Waals surface area (Å²) in [5.41, 5.74) is 3.29. The first kappa shape index (κ1) is 28.0. The number of rotatable bonds is 7. The summed E-state index contributed by atoms with van der Waals surface area (Å²) in [4.78, 5) is 38.0. The number of carbonyl (C=O) groups excluding carboxylic acids is 1. The molecule has 1 amide bonds. The Morgan fingerprint density at radius 3 is 2.60 bits per heavy atom. The molecule has 1 fully saturated rings. The lowest BCUT2D eigenvalue weighted by Gasteiger charge is -2.39. The van der Waals surface area contributed by atoms with Crippen LogP contribution in [0.5, 0.6) is 5.75 Å². The molecule has 1 aliphatic rings. The molecule has 0 saturated carbocycles. The van der Waals surface area contributed by atoms with E-state index in [9.17, 15) is 19.1 Å². The number of amides is 1. The number of ether oxygens (including phenoxy) is 1. The van der Waals surface area contributed by atoms with Crippen LogP contribution in [0, 0.1) is 0 Å². The van der Waals surface area contributed by atoms with Crippen LogP contribution in [0.3, 0.4) is 0 Å². The van der Waals surface area contributed by atoms with Crippen LogP contribution in [0.2, 0.25) is 0 Å². The molecule has 2 atom stereocenters. The van der Waals surface area contributed by atoms with Gasteiger partial charge in [-0.25, -0.2) is 9.97 Å². The fraction of sp³-hybridized carbons (Fsp3) is 0.357. The Morgan fingerprint density at radius 1 is 1.20 bits per heavy atom.